The van der Waals surface area contributed by atoms with Crippen LogP contribution in [0.3, 0.4) is 0 Å². The molecule has 2 atom stereocenters. The van der Waals surface area contributed by atoms with Crippen LogP contribution in [0.4, 0.5) is 0 Å². The van der Waals surface area contributed by atoms with Gasteiger partial charge >= 0.3 is 29.6 Å². The molecule has 0 radical (unpaired) electrons. The number of aliphatic carboxylic acids is 1. The van der Waals surface area contributed by atoms with Crippen LogP contribution in [0.25, 0.3) is 0 Å². The maximum Gasteiger partial charge on any atom is 1.00 e. The molecule has 0 amide bonds. The SMILES string of the molecule is O=C([O-])CN(C(O)CCO)C(O)CCO.[Na+]. The van der Waals surface area contributed by atoms with E-state index in [1.165, 1.54) is 0 Å². The van der Waals surface area contributed by atoms with Crippen LogP contribution < -0.4 is 34.7 Å². The maximum atomic E-state index is 10.3. The molecular weight excluding hydrogens is 229 g/mol. The topological polar surface area (TPSA) is 124 Å². The van der Waals surface area contributed by atoms with Gasteiger partial charge in [-0.15, -0.1) is 0 Å². The quantitative estimate of drug-likeness (QED) is 0.247. The molecule has 0 saturated carbocycles. The molecule has 0 aliphatic carbocycles. The van der Waals surface area contributed by atoms with Gasteiger partial charge in [0.25, 0.3) is 0 Å². The first-order valence-corrected chi connectivity index (χ1v) is 4.56. The number of carbonyl (C=O) groups is 1. The van der Waals surface area contributed by atoms with Gasteiger partial charge in [0, 0.05) is 32.6 Å². The number of nitrogens with zero attached hydrogens (tertiary/aromatic N) is 1. The molecule has 90 valence electrons. The molecule has 4 N–H and O–H groups in total. The van der Waals surface area contributed by atoms with Gasteiger partial charge < -0.3 is 30.3 Å². The van der Waals surface area contributed by atoms with Crippen LogP contribution >= 0.6 is 0 Å². The van der Waals surface area contributed by atoms with Crippen molar-refractivity contribution in [3.05, 3.63) is 0 Å². The minimum absolute atomic E-state index is 0. The van der Waals surface area contributed by atoms with Gasteiger partial charge in [-0.2, -0.15) is 0 Å². The zero-order valence-corrected chi connectivity index (χ0v) is 11.2. The second-order valence-corrected chi connectivity index (χ2v) is 3.03. The van der Waals surface area contributed by atoms with Crippen LogP contribution in [0.1, 0.15) is 12.8 Å². The van der Waals surface area contributed by atoms with Gasteiger partial charge in [-0.3, -0.25) is 0 Å². The van der Waals surface area contributed by atoms with Crippen LogP contribution in [0.15, 0.2) is 0 Å². The van der Waals surface area contributed by atoms with E-state index < -0.39 is 25.0 Å². The van der Waals surface area contributed by atoms with Gasteiger partial charge in [-0.25, -0.2) is 4.90 Å². The van der Waals surface area contributed by atoms with E-state index in [4.69, 9.17) is 10.2 Å². The van der Waals surface area contributed by atoms with Crippen molar-refractivity contribution in [3.63, 3.8) is 0 Å². The molecule has 0 aromatic carbocycles. The van der Waals surface area contributed by atoms with Crippen LogP contribution in [-0.4, -0.2) is 63.5 Å². The van der Waals surface area contributed by atoms with E-state index in [0.29, 0.717) is 0 Å². The number of aliphatic hydroxyl groups is 4. The smallest absolute Gasteiger partial charge is 0.549 e. The minimum Gasteiger partial charge on any atom is -0.549 e. The average molecular weight is 245 g/mol. The van der Waals surface area contributed by atoms with Gasteiger partial charge in [0.1, 0.15) is 12.5 Å². The molecule has 0 aromatic rings. The second kappa shape index (κ2) is 10.4. The van der Waals surface area contributed by atoms with Crippen LogP contribution in [-0.2, 0) is 4.79 Å². The Bertz CT molecular complexity index is 181. The fraction of sp³-hybridized carbons (Fsp3) is 0.875. The van der Waals surface area contributed by atoms with Crippen molar-refractivity contribution in [1.82, 2.24) is 4.90 Å². The van der Waals surface area contributed by atoms with Crippen molar-refractivity contribution in [2.24, 2.45) is 0 Å². The monoisotopic (exact) mass is 245 g/mol. The zero-order chi connectivity index (χ0) is 11.8. The first-order chi connectivity index (χ1) is 7.02. The van der Waals surface area contributed by atoms with Crippen molar-refractivity contribution in [1.29, 1.82) is 0 Å². The molecule has 16 heavy (non-hydrogen) atoms. The van der Waals surface area contributed by atoms with E-state index in [1.807, 2.05) is 0 Å². The predicted octanol–water partition coefficient (Wildman–Crippen LogP) is -6.56. The normalized spacial score (nSPS) is 14.3. The summed E-state index contributed by atoms with van der Waals surface area (Å²) >= 11 is 0. The first-order valence-electron chi connectivity index (χ1n) is 4.56. The number of hydrogen-bond acceptors (Lipinski definition) is 7. The van der Waals surface area contributed by atoms with E-state index in [-0.39, 0.29) is 55.6 Å². The van der Waals surface area contributed by atoms with Gasteiger partial charge in [0.05, 0.1) is 5.97 Å². The fourth-order valence-electron chi connectivity index (χ4n) is 1.12. The van der Waals surface area contributed by atoms with Gasteiger partial charge in [0.15, 0.2) is 0 Å². The van der Waals surface area contributed by atoms with Crippen molar-refractivity contribution < 1.29 is 59.9 Å². The fourth-order valence-corrected chi connectivity index (χ4v) is 1.12. The third-order valence-electron chi connectivity index (χ3n) is 1.85. The predicted molar refractivity (Wildman–Crippen MR) is 47.1 cm³/mol. The standard InChI is InChI=1S/C8H17NO6.Na/c10-3-1-6(12)9(5-8(14)15)7(13)2-4-11;/h6-7,10-13H,1-5H2,(H,14,15);/q;+1/p-1. The number of rotatable bonds is 8. The molecule has 0 spiro atoms. The Labute approximate surface area is 116 Å². The molecule has 0 fully saturated rings. The summed E-state index contributed by atoms with van der Waals surface area (Å²) in [5.74, 6) is -1.45. The molecular formula is C8H16NNaO6. The molecule has 7 nitrogen and oxygen atoms in total. The summed E-state index contributed by atoms with van der Waals surface area (Å²) < 4.78 is 0. The van der Waals surface area contributed by atoms with Gasteiger partial charge in [0.2, 0.25) is 0 Å². The third kappa shape index (κ3) is 7.53. The molecule has 0 aromatic heterocycles. The van der Waals surface area contributed by atoms with Crippen molar-refractivity contribution in [2.75, 3.05) is 19.8 Å². The summed E-state index contributed by atoms with van der Waals surface area (Å²) in [7, 11) is 0. The number of carboxylic acid groups (broad SMARTS) is 1. The van der Waals surface area contributed by atoms with E-state index >= 15 is 0 Å². The summed E-state index contributed by atoms with van der Waals surface area (Å²) in [5.41, 5.74) is 0. The Balaban J connectivity index is 0. The van der Waals surface area contributed by atoms with Crippen molar-refractivity contribution >= 4 is 5.97 Å². The van der Waals surface area contributed by atoms with Crippen LogP contribution in [0.5, 0.6) is 0 Å². The number of carbonyl (C=O) groups excluding carboxylic acids is 1. The number of aliphatic hydroxyl groups excluding tert-OH is 4. The molecule has 0 bridgehead atoms. The van der Waals surface area contributed by atoms with E-state index in [1.54, 1.807) is 0 Å². The Morgan fingerprint density at radius 2 is 1.50 bits per heavy atom. The third-order valence-corrected chi connectivity index (χ3v) is 1.85. The summed E-state index contributed by atoms with van der Waals surface area (Å²) in [5, 5.41) is 46.2. The number of carboxylic acids is 1. The Morgan fingerprint density at radius 3 is 1.75 bits per heavy atom. The molecule has 8 heteroatoms. The average Bonchev–Trinajstić information content (AvgIpc) is 2.14. The first kappa shape index (κ1) is 18.6. The molecule has 0 aliphatic heterocycles. The molecule has 0 saturated heterocycles. The molecule has 0 heterocycles. The maximum absolute atomic E-state index is 10.3. The van der Waals surface area contributed by atoms with E-state index in [2.05, 4.69) is 0 Å². The Hall–Kier alpha value is 0.270. The van der Waals surface area contributed by atoms with E-state index in [9.17, 15) is 20.1 Å². The summed E-state index contributed by atoms with van der Waals surface area (Å²) in [6, 6.07) is 0. The number of hydrogen-bond donors (Lipinski definition) is 4. The van der Waals surface area contributed by atoms with Gasteiger partial charge in [-0.1, -0.05) is 0 Å². The minimum atomic E-state index is -1.45. The zero-order valence-electron chi connectivity index (χ0n) is 9.24. The van der Waals surface area contributed by atoms with Crippen molar-refractivity contribution in [3.8, 4) is 0 Å². The van der Waals surface area contributed by atoms with E-state index in [0.717, 1.165) is 4.90 Å². The van der Waals surface area contributed by atoms with Crippen molar-refractivity contribution in [2.45, 2.75) is 25.3 Å². The molecule has 0 aliphatic rings. The largest absolute Gasteiger partial charge is 1.00 e. The summed E-state index contributed by atoms with van der Waals surface area (Å²) in [6.45, 7) is -1.34. The summed E-state index contributed by atoms with van der Waals surface area (Å²) in [6.07, 6.45) is -2.74. The molecule has 2 unspecified atom stereocenters. The Morgan fingerprint density at radius 1 is 1.12 bits per heavy atom. The van der Waals surface area contributed by atoms with Crippen LogP contribution in [0.2, 0.25) is 0 Å². The summed E-state index contributed by atoms with van der Waals surface area (Å²) in [4.78, 5) is 11.2. The van der Waals surface area contributed by atoms with Gasteiger partial charge in [-0.05, 0) is 0 Å². The van der Waals surface area contributed by atoms with Crippen LogP contribution in [0, 0.1) is 0 Å². The Kier molecular flexibility index (Phi) is 12.1. The molecule has 0 rings (SSSR count). The second-order valence-electron chi connectivity index (χ2n) is 3.03.